The van der Waals surface area contributed by atoms with Crippen LogP contribution in [0.1, 0.15) is 23.7 Å². The molecule has 26 heavy (non-hydrogen) atoms. The number of halogens is 4. The van der Waals surface area contributed by atoms with Gasteiger partial charge < -0.3 is 10.1 Å². The molecule has 0 saturated carbocycles. The minimum absolute atomic E-state index is 0.173. The zero-order chi connectivity index (χ0) is 18.8. The van der Waals surface area contributed by atoms with Crippen molar-refractivity contribution in [1.29, 1.82) is 0 Å². The summed E-state index contributed by atoms with van der Waals surface area (Å²) in [4.78, 5) is 13.1. The first kappa shape index (κ1) is 19.1. The normalized spacial score (nSPS) is 19.6. The van der Waals surface area contributed by atoms with Gasteiger partial charge in [0.2, 0.25) is 0 Å². The molecular formula is C18H15ClF3NO2S. The summed E-state index contributed by atoms with van der Waals surface area (Å²) in [5.41, 5.74) is 0.0996. The molecule has 1 N–H and O–H groups in total. The van der Waals surface area contributed by atoms with E-state index >= 15 is 0 Å². The Morgan fingerprint density at radius 1 is 1.23 bits per heavy atom. The minimum Gasteiger partial charge on any atom is -0.377 e. The fourth-order valence-electron chi connectivity index (χ4n) is 2.61. The molecule has 1 amide bonds. The average Bonchev–Trinajstić information content (AvgIpc) is 2.99. The standard InChI is InChI=1S/C18H15ClF3NO2S/c1-9-4-12(8-25-9)26-16-5-10(2-3-13(16)19)18(24)23-11-6-14(20)17(22)15(21)7-11/h2-3,5-7,9,12H,4,8H2,1H3,(H,23,24). The summed E-state index contributed by atoms with van der Waals surface area (Å²) in [5.74, 6) is -4.91. The second kappa shape index (κ2) is 7.90. The van der Waals surface area contributed by atoms with E-state index in [1.54, 1.807) is 12.1 Å². The van der Waals surface area contributed by atoms with Crippen molar-refractivity contribution in [3.05, 3.63) is 58.4 Å². The third-order valence-corrected chi connectivity index (χ3v) is 5.59. The highest BCUT2D eigenvalue weighted by molar-refractivity contribution is 8.00. The molecule has 1 fully saturated rings. The summed E-state index contributed by atoms with van der Waals surface area (Å²) in [5, 5.41) is 3.09. The number of thioether (sulfide) groups is 1. The maximum atomic E-state index is 13.3. The quantitative estimate of drug-likeness (QED) is 0.708. The topological polar surface area (TPSA) is 38.3 Å². The predicted octanol–water partition coefficient (Wildman–Crippen LogP) is 5.28. The maximum Gasteiger partial charge on any atom is 0.255 e. The number of anilines is 1. The van der Waals surface area contributed by atoms with Gasteiger partial charge in [-0.1, -0.05) is 11.6 Å². The number of carbonyl (C=O) groups is 1. The average molecular weight is 402 g/mol. The van der Waals surface area contributed by atoms with Crippen LogP contribution in [-0.2, 0) is 4.74 Å². The zero-order valence-electron chi connectivity index (χ0n) is 13.7. The van der Waals surface area contributed by atoms with Gasteiger partial charge >= 0.3 is 0 Å². The molecule has 1 heterocycles. The van der Waals surface area contributed by atoms with E-state index in [9.17, 15) is 18.0 Å². The van der Waals surface area contributed by atoms with Crippen molar-refractivity contribution in [1.82, 2.24) is 0 Å². The van der Waals surface area contributed by atoms with Gasteiger partial charge in [0.1, 0.15) is 0 Å². The molecule has 1 aliphatic rings. The van der Waals surface area contributed by atoms with Gasteiger partial charge in [0.25, 0.3) is 5.91 Å². The highest BCUT2D eigenvalue weighted by Crippen LogP contribution is 2.36. The zero-order valence-corrected chi connectivity index (χ0v) is 15.3. The number of benzene rings is 2. The van der Waals surface area contributed by atoms with Crippen LogP contribution in [0.3, 0.4) is 0 Å². The molecule has 0 spiro atoms. The number of nitrogens with one attached hydrogen (secondary N) is 1. The van der Waals surface area contributed by atoms with Crippen molar-refractivity contribution < 1.29 is 22.7 Å². The molecule has 2 atom stereocenters. The summed E-state index contributed by atoms with van der Waals surface area (Å²) in [6, 6.07) is 6.15. The maximum absolute atomic E-state index is 13.3. The van der Waals surface area contributed by atoms with Gasteiger partial charge in [-0.25, -0.2) is 13.2 Å². The van der Waals surface area contributed by atoms with Crippen LogP contribution >= 0.6 is 23.4 Å². The lowest BCUT2D eigenvalue weighted by molar-refractivity contribution is 0.102. The predicted molar refractivity (Wildman–Crippen MR) is 95.4 cm³/mol. The van der Waals surface area contributed by atoms with Crippen molar-refractivity contribution in [2.24, 2.45) is 0 Å². The van der Waals surface area contributed by atoms with Gasteiger partial charge in [0.05, 0.1) is 17.7 Å². The number of hydrogen-bond donors (Lipinski definition) is 1. The largest absolute Gasteiger partial charge is 0.377 e. The Morgan fingerprint density at radius 3 is 2.54 bits per heavy atom. The monoisotopic (exact) mass is 401 g/mol. The molecule has 8 heteroatoms. The van der Waals surface area contributed by atoms with Crippen LogP contribution in [0.25, 0.3) is 0 Å². The van der Waals surface area contributed by atoms with Crippen molar-refractivity contribution >= 4 is 35.0 Å². The molecule has 0 aliphatic carbocycles. The van der Waals surface area contributed by atoms with Gasteiger partial charge in [0.15, 0.2) is 17.5 Å². The van der Waals surface area contributed by atoms with E-state index in [1.807, 2.05) is 6.92 Å². The molecule has 3 nitrogen and oxygen atoms in total. The van der Waals surface area contributed by atoms with Crippen LogP contribution in [0, 0.1) is 17.5 Å². The molecule has 0 bridgehead atoms. The Bertz CT molecular complexity index is 826. The summed E-state index contributed by atoms with van der Waals surface area (Å²) in [6.45, 7) is 2.60. The van der Waals surface area contributed by atoms with Crippen molar-refractivity contribution in [2.75, 3.05) is 11.9 Å². The van der Waals surface area contributed by atoms with Gasteiger partial charge in [-0.15, -0.1) is 11.8 Å². The van der Waals surface area contributed by atoms with Crippen LogP contribution in [0.4, 0.5) is 18.9 Å². The lowest BCUT2D eigenvalue weighted by Crippen LogP contribution is -2.13. The van der Waals surface area contributed by atoms with E-state index in [0.29, 0.717) is 11.6 Å². The van der Waals surface area contributed by atoms with E-state index in [0.717, 1.165) is 23.4 Å². The van der Waals surface area contributed by atoms with Gasteiger partial charge in [-0.2, -0.15) is 0 Å². The van der Waals surface area contributed by atoms with Crippen LogP contribution < -0.4 is 5.32 Å². The molecule has 2 unspecified atom stereocenters. The fourth-order valence-corrected chi connectivity index (χ4v) is 4.11. The van der Waals surface area contributed by atoms with Crippen LogP contribution in [-0.4, -0.2) is 23.9 Å². The summed E-state index contributed by atoms with van der Waals surface area (Å²) < 4.78 is 45.1. The van der Waals surface area contributed by atoms with E-state index in [-0.39, 0.29) is 22.6 Å². The van der Waals surface area contributed by atoms with Gasteiger partial charge in [0, 0.05) is 33.5 Å². The molecule has 138 valence electrons. The second-order valence-electron chi connectivity index (χ2n) is 5.97. The molecule has 0 aromatic heterocycles. The van der Waals surface area contributed by atoms with E-state index in [2.05, 4.69) is 5.32 Å². The third-order valence-electron chi connectivity index (χ3n) is 3.89. The van der Waals surface area contributed by atoms with Crippen molar-refractivity contribution in [3.8, 4) is 0 Å². The molecule has 2 aromatic rings. The van der Waals surface area contributed by atoms with Crippen molar-refractivity contribution in [2.45, 2.75) is 29.6 Å². The third kappa shape index (κ3) is 4.34. The fraction of sp³-hybridized carbons (Fsp3) is 0.278. The number of ether oxygens (including phenoxy) is 1. The Balaban J connectivity index is 1.76. The number of carbonyl (C=O) groups excluding carboxylic acids is 1. The molecule has 2 aromatic carbocycles. The van der Waals surface area contributed by atoms with Crippen molar-refractivity contribution in [3.63, 3.8) is 0 Å². The van der Waals surface area contributed by atoms with E-state index in [1.165, 1.54) is 17.8 Å². The van der Waals surface area contributed by atoms with E-state index in [4.69, 9.17) is 16.3 Å². The first-order valence-electron chi connectivity index (χ1n) is 7.87. The number of hydrogen-bond acceptors (Lipinski definition) is 3. The van der Waals surface area contributed by atoms with Crippen LogP contribution in [0.2, 0.25) is 5.02 Å². The van der Waals surface area contributed by atoms with Crippen LogP contribution in [0.5, 0.6) is 0 Å². The lowest BCUT2D eigenvalue weighted by atomic mass is 10.2. The Kier molecular flexibility index (Phi) is 5.79. The Hall–Kier alpha value is -1.70. The molecule has 3 rings (SSSR count). The summed E-state index contributed by atoms with van der Waals surface area (Å²) in [6.07, 6.45) is 1.06. The Labute approximate surface area is 157 Å². The molecule has 1 saturated heterocycles. The highest BCUT2D eigenvalue weighted by atomic mass is 35.5. The molecule has 0 radical (unpaired) electrons. The Morgan fingerprint density at radius 2 is 1.92 bits per heavy atom. The lowest BCUT2D eigenvalue weighted by Gasteiger charge is -2.12. The van der Waals surface area contributed by atoms with Crippen LogP contribution in [0.15, 0.2) is 35.2 Å². The number of amides is 1. The highest BCUT2D eigenvalue weighted by Gasteiger charge is 2.24. The SMILES string of the molecule is CC1CC(Sc2cc(C(=O)Nc3cc(F)c(F)c(F)c3)ccc2Cl)CO1. The van der Waals surface area contributed by atoms with Gasteiger partial charge in [-0.3, -0.25) is 4.79 Å². The second-order valence-corrected chi connectivity index (χ2v) is 7.72. The summed E-state index contributed by atoms with van der Waals surface area (Å²) in [7, 11) is 0. The van der Waals surface area contributed by atoms with Gasteiger partial charge in [-0.05, 0) is 31.5 Å². The first-order chi connectivity index (χ1) is 12.3. The molecule has 1 aliphatic heterocycles. The summed E-state index contributed by atoms with van der Waals surface area (Å²) >= 11 is 7.72. The molecular weight excluding hydrogens is 387 g/mol. The number of rotatable bonds is 4. The minimum atomic E-state index is -1.58. The first-order valence-corrected chi connectivity index (χ1v) is 9.13. The smallest absolute Gasteiger partial charge is 0.255 e. The van der Waals surface area contributed by atoms with E-state index < -0.39 is 23.4 Å².